The summed E-state index contributed by atoms with van der Waals surface area (Å²) in [6, 6.07) is 0. The van der Waals surface area contributed by atoms with Crippen LogP contribution < -0.4 is 5.32 Å². The third-order valence-electron chi connectivity index (χ3n) is 2.70. The molecule has 1 atom stereocenters. The second-order valence-corrected chi connectivity index (χ2v) is 5.22. The molecule has 1 rings (SSSR count). The quantitative estimate of drug-likeness (QED) is 0.836. The summed E-state index contributed by atoms with van der Waals surface area (Å²) < 4.78 is 4.81. The molecule has 0 aliphatic rings. The summed E-state index contributed by atoms with van der Waals surface area (Å²) in [6.45, 7) is 8.00. The highest BCUT2D eigenvalue weighted by molar-refractivity contribution is 5.94. The summed E-state index contributed by atoms with van der Waals surface area (Å²) in [5.74, 6) is 0.281. The first-order chi connectivity index (χ1) is 7.82. The molecule has 0 bridgehead atoms. The van der Waals surface area contributed by atoms with E-state index in [0.29, 0.717) is 24.3 Å². The molecule has 96 valence electrons. The third kappa shape index (κ3) is 3.85. The van der Waals surface area contributed by atoms with Gasteiger partial charge in [0.25, 0.3) is 5.91 Å². The number of carbonyl (C=O) groups excluding carboxylic acids is 1. The Labute approximate surface area is 101 Å². The van der Waals surface area contributed by atoms with Crippen LogP contribution in [0.15, 0.2) is 10.7 Å². The van der Waals surface area contributed by atoms with Crippen molar-refractivity contribution in [2.45, 2.75) is 40.2 Å². The highest BCUT2D eigenvalue weighted by atomic mass is 16.5. The van der Waals surface area contributed by atoms with Crippen LogP contribution in [0, 0.1) is 12.3 Å². The Hall–Kier alpha value is -1.36. The maximum Gasteiger partial charge on any atom is 0.256 e. The van der Waals surface area contributed by atoms with Gasteiger partial charge in [-0.1, -0.05) is 25.9 Å². The van der Waals surface area contributed by atoms with Crippen LogP contribution in [0.25, 0.3) is 0 Å². The topological polar surface area (TPSA) is 75.4 Å². The van der Waals surface area contributed by atoms with E-state index in [9.17, 15) is 9.90 Å². The minimum absolute atomic E-state index is 0.169. The third-order valence-corrected chi connectivity index (χ3v) is 2.70. The summed E-state index contributed by atoms with van der Waals surface area (Å²) in [4.78, 5) is 11.7. The van der Waals surface area contributed by atoms with Gasteiger partial charge in [-0.3, -0.25) is 4.79 Å². The van der Waals surface area contributed by atoms with Gasteiger partial charge in [0.05, 0.1) is 12.3 Å². The molecule has 1 amide bonds. The number of amides is 1. The van der Waals surface area contributed by atoms with Crippen molar-refractivity contribution in [3.8, 4) is 0 Å². The Morgan fingerprint density at radius 1 is 1.59 bits per heavy atom. The fourth-order valence-corrected chi connectivity index (χ4v) is 1.37. The van der Waals surface area contributed by atoms with Gasteiger partial charge in [0, 0.05) is 6.54 Å². The summed E-state index contributed by atoms with van der Waals surface area (Å²) in [5.41, 5.74) is 0.271. The van der Waals surface area contributed by atoms with E-state index >= 15 is 0 Å². The van der Waals surface area contributed by atoms with Crippen molar-refractivity contribution >= 4 is 5.91 Å². The molecule has 5 heteroatoms. The van der Waals surface area contributed by atoms with Crippen LogP contribution in [-0.4, -0.2) is 28.8 Å². The Balaban J connectivity index is 2.38. The fraction of sp³-hybridized carbons (Fsp3) is 0.667. The summed E-state index contributed by atoms with van der Waals surface area (Å²) in [5, 5.41) is 16.1. The Kier molecular flexibility index (Phi) is 4.28. The van der Waals surface area contributed by atoms with Crippen LogP contribution >= 0.6 is 0 Å². The molecular formula is C12H20N2O3. The predicted molar refractivity (Wildman–Crippen MR) is 63.7 cm³/mol. The molecule has 2 N–H and O–H groups in total. The van der Waals surface area contributed by atoms with Gasteiger partial charge in [-0.15, -0.1) is 0 Å². The van der Waals surface area contributed by atoms with Crippen LogP contribution in [0.2, 0.25) is 0 Å². The second-order valence-electron chi connectivity index (χ2n) is 5.22. The molecule has 0 aromatic carbocycles. The van der Waals surface area contributed by atoms with Crippen LogP contribution in [-0.2, 0) is 0 Å². The van der Waals surface area contributed by atoms with E-state index in [0.717, 1.165) is 0 Å². The minimum atomic E-state index is -0.439. The standard InChI is InChI=1S/C12H20N2O3/c1-8-9(7-14-17-8)11(16)13-6-5-10(15)12(2,3)4/h7,10,15H,5-6H2,1-4H3,(H,13,16)/t10-/m1/s1. The zero-order valence-electron chi connectivity index (χ0n) is 10.8. The number of aliphatic hydroxyl groups excluding tert-OH is 1. The average Bonchev–Trinajstić information content (AvgIpc) is 2.62. The SMILES string of the molecule is Cc1oncc1C(=O)NCC[C@@H](O)C(C)(C)C. The molecule has 0 saturated heterocycles. The molecule has 0 spiro atoms. The van der Waals surface area contributed by atoms with Crippen molar-refractivity contribution in [2.24, 2.45) is 5.41 Å². The van der Waals surface area contributed by atoms with Gasteiger partial charge in [-0.25, -0.2) is 0 Å². The van der Waals surface area contributed by atoms with E-state index in [2.05, 4.69) is 10.5 Å². The van der Waals surface area contributed by atoms with Crippen LogP contribution in [0.1, 0.15) is 43.3 Å². The number of hydrogen-bond acceptors (Lipinski definition) is 4. The predicted octanol–water partition coefficient (Wildman–Crippen LogP) is 1.51. The molecule has 0 aliphatic carbocycles. The number of nitrogens with one attached hydrogen (secondary N) is 1. The lowest BCUT2D eigenvalue weighted by atomic mass is 9.87. The number of aromatic nitrogens is 1. The van der Waals surface area contributed by atoms with Crippen molar-refractivity contribution in [1.29, 1.82) is 0 Å². The zero-order valence-corrected chi connectivity index (χ0v) is 10.8. The van der Waals surface area contributed by atoms with Gasteiger partial charge in [0.2, 0.25) is 0 Å². The lowest BCUT2D eigenvalue weighted by Gasteiger charge is -2.25. The van der Waals surface area contributed by atoms with Crippen LogP contribution in [0.5, 0.6) is 0 Å². The Bertz CT molecular complexity index is 379. The molecule has 1 aromatic heterocycles. The maximum absolute atomic E-state index is 11.7. The summed E-state index contributed by atoms with van der Waals surface area (Å²) >= 11 is 0. The molecule has 0 saturated carbocycles. The van der Waals surface area contributed by atoms with E-state index < -0.39 is 6.10 Å². The van der Waals surface area contributed by atoms with E-state index in [1.807, 2.05) is 20.8 Å². The Morgan fingerprint density at radius 2 is 2.24 bits per heavy atom. The highest BCUT2D eigenvalue weighted by Gasteiger charge is 2.22. The molecule has 1 aromatic rings. The van der Waals surface area contributed by atoms with Gasteiger partial charge < -0.3 is 14.9 Å². The van der Waals surface area contributed by atoms with Crippen molar-refractivity contribution in [3.05, 3.63) is 17.5 Å². The Morgan fingerprint density at radius 3 is 2.71 bits per heavy atom. The smallest absolute Gasteiger partial charge is 0.256 e. The zero-order chi connectivity index (χ0) is 13.1. The lowest BCUT2D eigenvalue weighted by molar-refractivity contribution is 0.0551. The summed E-state index contributed by atoms with van der Waals surface area (Å²) in [6.07, 6.45) is 1.48. The molecule has 17 heavy (non-hydrogen) atoms. The van der Waals surface area contributed by atoms with Crippen LogP contribution in [0.4, 0.5) is 0 Å². The van der Waals surface area contributed by atoms with Gasteiger partial charge in [0.15, 0.2) is 0 Å². The van der Waals surface area contributed by atoms with Gasteiger partial charge in [-0.05, 0) is 18.8 Å². The number of nitrogens with zero attached hydrogens (tertiary/aromatic N) is 1. The van der Waals surface area contributed by atoms with Gasteiger partial charge in [0.1, 0.15) is 11.3 Å². The van der Waals surface area contributed by atoms with Gasteiger partial charge >= 0.3 is 0 Å². The fourth-order valence-electron chi connectivity index (χ4n) is 1.37. The van der Waals surface area contributed by atoms with E-state index in [4.69, 9.17) is 4.52 Å². The average molecular weight is 240 g/mol. The monoisotopic (exact) mass is 240 g/mol. The first-order valence-electron chi connectivity index (χ1n) is 5.70. The largest absolute Gasteiger partial charge is 0.393 e. The number of hydrogen-bond donors (Lipinski definition) is 2. The summed E-state index contributed by atoms with van der Waals surface area (Å²) in [7, 11) is 0. The normalized spacial score (nSPS) is 13.5. The van der Waals surface area contributed by atoms with E-state index in [1.165, 1.54) is 6.20 Å². The van der Waals surface area contributed by atoms with Crippen molar-refractivity contribution in [1.82, 2.24) is 10.5 Å². The van der Waals surface area contributed by atoms with E-state index in [-0.39, 0.29) is 11.3 Å². The number of aliphatic hydroxyl groups is 1. The van der Waals surface area contributed by atoms with Crippen LogP contribution in [0.3, 0.4) is 0 Å². The van der Waals surface area contributed by atoms with Crippen molar-refractivity contribution < 1.29 is 14.4 Å². The van der Waals surface area contributed by atoms with E-state index in [1.54, 1.807) is 6.92 Å². The number of carbonyl (C=O) groups is 1. The second kappa shape index (κ2) is 5.31. The van der Waals surface area contributed by atoms with Crippen molar-refractivity contribution in [2.75, 3.05) is 6.54 Å². The van der Waals surface area contributed by atoms with Crippen molar-refractivity contribution in [3.63, 3.8) is 0 Å². The molecule has 0 unspecified atom stereocenters. The molecular weight excluding hydrogens is 220 g/mol. The first-order valence-corrected chi connectivity index (χ1v) is 5.70. The number of aryl methyl sites for hydroxylation is 1. The highest BCUT2D eigenvalue weighted by Crippen LogP contribution is 2.20. The molecule has 5 nitrogen and oxygen atoms in total. The first kappa shape index (κ1) is 13.7. The van der Waals surface area contributed by atoms with Gasteiger partial charge in [-0.2, -0.15) is 0 Å². The molecule has 1 heterocycles. The molecule has 0 fully saturated rings. The maximum atomic E-state index is 11.7. The molecule has 0 radical (unpaired) electrons. The number of rotatable bonds is 4. The lowest BCUT2D eigenvalue weighted by Crippen LogP contribution is -2.32. The molecule has 0 aliphatic heterocycles. The minimum Gasteiger partial charge on any atom is -0.393 e.